The van der Waals surface area contributed by atoms with Crippen molar-refractivity contribution in [2.24, 2.45) is 0 Å². The molecule has 5 rings (SSSR count). The number of amides is 2. The first kappa shape index (κ1) is 25.9. The first-order valence-corrected chi connectivity index (χ1v) is 11.6. The van der Waals surface area contributed by atoms with Crippen molar-refractivity contribution in [3.63, 3.8) is 0 Å². The molecule has 38 heavy (non-hydrogen) atoms. The maximum atomic E-state index is 11.4. The van der Waals surface area contributed by atoms with E-state index in [2.05, 4.69) is 5.32 Å². The van der Waals surface area contributed by atoms with E-state index in [1.54, 1.807) is 48.5 Å². The fraction of sp³-hybridized carbons (Fsp3) is 0. The second kappa shape index (κ2) is 11.3. The lowest BCUT2D eigenvalue weighted by molar-refractivity contribution is -0.115. The molecule has 11 heteroatoms. The average molecular weight is 531 g/mol. The molecule has 2 aromatic heterocycles. The van der Waals surface area contributed by atoms with Crippen LogP contribution in [0.15, 0.2) is 86.5 Å². The Morgan fingerprint density at radius 1 is 0.711 bits per heavy atom. The Balaban J connectivity index is 0.000000186. The minimum atomic E-state index is -0.995. The molecular weight excluding hydrogens is 514 g/mol. The highest BCUT2D eigenvalue weighted by atomic mass is 32.2. The molecular formula is C27H17NO9S. The van der Waals surface area contributed by atoms with Crippen LogP contribution in [0.4, 0.5) is 4.79 Å². The van der Waals surface area contributed by atoms with Crippen LogP contribution in [0.3, 0.4) is 0 Å². The number of carboxylic acids is 2. The van der Waals surface area contributed by atoms with Crippen molar-refractivity contribution < 1.29 is 43.0 Å². The number of aromatic carboxylic acids is 2. The summed E-state index contributed by atoms with van der Waals surface area (Å²) in [5.41, 5.74) is 1.86. The quantitative estimate of drug-likeness (QED) is 0.216. The molecule has 1 aliphatic heterocycles. The van der Waals surface area contributed by atoms with E-state index in [0.717, 1.165) is 17.3 Å². The van der Waals surface area contributed by atoms with E-state index >= 15 is 0 Å². The second-order valence-electron chi connectivity index (χ2n) is 7.64. The summed E-state index contributed by atoms with van der Waals surface area (Å²) in [5, 5.41) is 19.3. The number of thioether (sulfide) groups is 1. The van der Waals surface area contributed by atoms with E-state index in [1.807, 2.05) is 0 Å². The van der Waals surface area contributed by atoms with E-state index < -0.39 is 23.1 Å². The van der Waals surface area contributed by atoms with Gasteiger partial charge in [-0.15, -0.1) is 0 Å². The van der Waals surface area contributed by atoms with Crippen molar-refractivity contribution in [1.82, 2.24) is 5.32 Å². The number of aldehydes is 1. The fourth-order valence-corrected chi connectivity index (χ4v) is 3.92. The highest BCUT2D eigenvalue weighted by molar-refractivity contribution is 8.18. The highest BCUT2D eigenvalue weighted by Crippen LogP contribution is 2.28. The van der Waals surface area contributed by atoms with Crippen LogP contribution in [-0.2, 0) is 4.79 Å². The van der Waals surface area contributed by atoms with Crippen molar-refractivity contribution in [1.29, 1.82) is 0 Å². The van der Waals surface area contributed by atoms with E-state index in [0.29, 0.717) is 29.1 Å². The first-order valence-electron chi connectivity index (χ1n) is 10.8. The molecule has 3 N–H and O–H groups in total. The SMILES string of the molecule is O=C1NC(=O)/C(=C/c2ccc(-c3ccc(C(=O)O)cc3)o2)S1.O=Cc1ccc(-c2ccc(C(=O)O)cc2)o1. The predicted molar refractivity (Wildman–Crippen MR) is 137 cm³/mol. The first-order chi connectivity index (χ1) is 18.2. The fourth-order valence-electron chi connectivity index (χ4n) is 3.26. The van der Waals surface area contributed by atoms with Crippen molar-refractivity contribution >= 4 is 47.2 Å². The molecule has 0 atom stereocenters. The summed E-state index contributed by atoms with van der Waals surface area (Å²) < 4.78 is 10.8. The number of furan rings is 2. The molecule has 2 aromatic carbocycles. The molecule has 0 aliphatic carbocycles. The molecule has 0 radical (unpaired) electrons. The summed E-state index contributed by atoms with van der Waals surface area (Å²) in [4.78, 5) is 54.7. The molecule has 0 saturated carbocycles. The Morgan fingerprint density at radius 3 is 1.58 bits per heavy atom. The molecule has 1 fully saturated rings. The molecule has 0 spiro atoms. The van der Waals surface area contributed by atoms with Crippen LogP contribution in [0.1, 0.15) is 37.0 Å². The number of imide groups is 1. The van der Waals surface area contributed by atoms with Crippen molar-refractivity contribution in [3.05, 3.63) is 100 Å². The lowest BCUT2D eigenvalue weighted by atomic mass is 10.1. The van der Waals surface area contributed by atoms with Gasteiger partial charge in [-0.2, -0.15) is 0 Å². The summed E-state index contributed by atoms with van der Waals surface area (Å²) in [5.74, 6) is -0.650. The van der Waals surface area contributed by atoms with E-state index in [1.165, 1.54) is 30.3 Å². The number of benzene rings is 2. The Labute approximate surface area is 218 Å². The van der Waals surface area contributed by atoms with Crippen LogP contribution in [0.5, 0.6) is 0 Å². The molecule has 1 saturated heterocycles. The number of carboxylic acid groups (broad SMARTS) is 2. The molecule has 10 nitrogen and oxygen atoms in total. The number of hydrogen-bond donors (Lipinski definition) is 3. The van der Waals surface area contributed by atoms with Gasteiger partial charge in [-0.25, -0.2) is 9.59 Å². The summed E-state index contributed by atoms with van der Waals surface area (Å²) in [6.07, 6.45) is 2.11. The molecule has 1 aliphatic rings. The number of rotatable bonds is 6. The van der Waals surface area contributed by atoms with E-state index in [4.69, 9.17) is 19.0 Å². The highest BCUT2D eigenvalue weighted by Gasteiger charge is 2.25. The van der Waals surface area contributed by atoms with Crippen molar-refractivity contribution in [2.75, 3.05) is 0 Å². The van der Waals surface area contributed by atoms with Gasteiger partial charge in [0.2, 0.25) is 0 Å². The number of hydrogen-bond acceptors (Lipinski definition) is 8. The van der Waals surface area contributed by atoms with Crippen LogP contribution in [0.2, 0.25) is 0 Å². The molecule has 2 amide bonds. The van der Waals surface area contributed by atoms with Crippen LogP contribution in [-0.4, -0.2) is 39.6 Å². The monoisotopic (exact) mass is 531 g/mol. The van der Waals surface area contributed by atoms with E-state index in [-0.39, 0.29) is 21.8 Å². The molecule has 190 valence electrons. The van der Waals surface area contributed by atoms with Crippen LogP contribution in [0.25, 0.3) is 28.7 Å². The van der Waals surface area contributed by atoms with Crippen molar-refractivity contribution in [3.8, 4) is 22.6 Å². The predicted octanol–water partition coefficient (Wildman–Crippen LogP) is 5.43. The van der Waals surface area contributed by atoms with Gasteiger partial charge in [-0.05, 0) is 60.3 Å². The zero-order valence-corrected chi connectivity index (χ0v) is 20.1. The Kier molecular flexibility index (Phi) is 7.69. The minimum Gasteiger partial charge on any atom is -0.478 e. The third kappa shape index (κ3) is 6.15. The van der Waals surface area contributed by atoms with Gasteiger partial charge in [-0.1, -0.05) is 24.3 Å². The summed E-state index contributed by atoms with van der Waals surface area (Å²) in [6.45, 7) is 0. The van der Waals surface area contributed by atoms with Gasteiger partial charge in [0.05, 0.1) is 16.0 Å². The maximum Gasteiger partial charge on any atom is 0.335 e. The van der Waals surface area contributed by atoms with Gasteiger partial charge in [0, 0.05) is 17.2 Å². The topological polar surface area (TPSA) is 164 Å². The smallest absolute Gasteiger partial charge is 0.335 e. The van der Waals surface area contributed by atoms with Gasteiger partial charge >= 0.3 is 11.9 Å². The zero-order chi connectivity index (χ0) is 27.2. The maximum absolute atomic E-state index is 11.4. The number of carbonyl (C=O) groups is 5. The van der Waals surface area contributed by atoms with Gasteiger partial charge in [0.25, 0.3) is 11.1 Å². The lowest BCUT2D eigenvalue weighted by Gasteiger charge is -1.98. The Hall–Kier alpha value is -5.16. The largest absolute Gasteiger partial charge is 0.478 e. The van der Waals surface area contributed by atoms with Gasteiger partial charge in [0.1, 0.15) is 17.3 Å². The van der Waals surface area contributed by atoms with Gasteiger partial charge in [-0.3, -0.25) is 19.7 Å². The molecule has 4 aromatic rings. The van der Waals surface area contributed by atoms with Crippen LogP contribution in [0, 0.1) is 0 Å². The lowest BCUT2D eigenvalue weighted by Crippen LogP contribution is -2.17. The van der Waals surface area contributed by atoms with Crippen molar-refractivity contribution in [2.45, 2.75) is 0 Å². The van der Waals surface area contributed by atoms with E-state index in [9.17, 15) is 24.0 Å². The normalized spacial score (nSPS) is 13.5. The van der Waals surface area contributed by atoms with Gasteiger partial charge < -0.3 is 19.0 Å². The summed E-state index contributed by atoms with van der Waals surface area (Å²) in [7, 11) is 0. The second-order valence-corrected chi connectivity index (χ2v) is 8.65. The number of nitrogens with one attached hydrogen (secondary N) is 1. The molecule has 3 heterocycles. The average Bonchev–Trinajstić information content (AvgIpc) is 3.65. The van der Waals surface area contributed by atoms with Gasteiger partial charge in [0.15, 0.2) is 12.0 Å². The zero-order valence-electron chi connectivity index (χ0n) is 19.2. The third-order valence-electron chi connectivity index (χ3n) is 5.12. The number of carbonyl (C=O) groups excluding carboxylic acids is 3. The van der Waals surface area contributed by atoms with Crippen LogP contribution >= 0.6 is 11.8 Å². The van der Waals surface area contributed by atoms with Crippen LogP contribution < -0.4 is 5.32 Å². The molecule has 0 unspecified atom stereocenters. The Bertz CT molecular complexity index is 1560. The minimum absolute atomic E-state index is 0.190. The Morgan fingerprint density at radius 2 is 1.18 bits per heavy atom. The summed E-state index contributed by atoms with van der Waals surface area (Å²) in [6, 6.07) is 19.1. The molecule has 0 bridgehead atoms. The summed E-state index contributed by atoms with van der Waals surface area (Å²) >= 11 is 0.815. The third-order valence-corrected chi connectivity index (χ3v) is 5.93. The standard InChI is InChI=1S/C15H9NO5S.C12H8O4/c17-13-12(22-15(20)16-13)7-10-5-6-11(21-10)8-1-3-9(4-2-8)14(18)19;13-7-10-5-6-11(16-10)8-1-3-9(4-2-8)12(14)15/h1-7H,(H,18,19)(H,16,17,20);1-7H,(H,14,15)/b12-7-;.